The number of anilines is 1. The van der Waals surface area contributed by atoms with Gasteiger partial charge in [-0.15, -0.1) is 0 Å². The van der Waals surface area contributed by atoms with Gasteiger partial charge in [-0.05, 0) is 37.6 Å². The third-order valence-corrected chi connectivity index (χ3v) is 5.87. The van der Waals surface area contributed by atoms with Gasteiger partial charge in [0.15, 0.2) is 11.4 Å². The molecule has 9 nitrogen and oxygen atoms in total. The first-order valence-corrected chi connectivity index (χ1v) is 10.8. The zero-order valence-electron chi connectivity index (χ0n) is 18.3. The van der Waals surface area contributed by atoms with Crippen molar-refractivity contribution in [3.05, 3.63) is 59.7 Å². The Labute approximate surface area is 189 Å². The molecule has 1 fully saturated rings. The van der Waals surface area contributed by atoms with Crippen LogP contribution in [0.25, 0.3) is 22.1 Å². The number of hydrogen-bond donors (Lipinski definition) is 2. The van der Waals surface area contributed by atoms with Gasteiger partial charge in [0.25, 0.3) is 0 Å². The molecule has 4 aromatic rings. The number of aryl methyl sites for hydroxylation is 2. The molecule has 3 aromatic heterocycles. The Morgan fingerprint density at radius 2 is 2.00 bits per heavy atom. The van der Waals surface area contributed by atoms with E-state index in [1.54, 1.807) is 18.0 Å². The highest BCUT2D eigenvalue weighted by atomic mass is 16.4. The molecule has 9 heteroatoms. The highest BCUT2D eigenvalue weighted by molar-refractivity contribution is 6.06. The van der Waals surface area contributed by atoms with Gasteiger partial charge < -0.3 is 19.7 Å². The number of carboxylic acid groups (broad SMARTS) is 1. The molecule has 1 aliphatic rings. The minimum absolute atomic E-state index is 0.176. The number of nitrogens with zero attached hydrogens (tertiary/aromatic N) is 4. The average molecular weight is 445 g/mol. The van der Waals surface area contributed by atoms with Crippen LogP contribution in [0.15, 0.2) is 47.0 Å². The Morgan fingerprint density at radius 1 is 1.18 bits per heavy atom. The number of carboxylic acids is 1. The van der Waals surface area contributed by atoms with E-state index in [4.69, 9.17) is 4.42 Å². The second-order valence-corrected chi connectivity index (χ2v) is 8.36. The van der Waals surface area contributed by atoms with Crippen molar-refractivity contribution >= 4 is 39.8 Å². The van der Waals surface area contributed by atoms with Gasteiger partial charge in [0.05, 0.1) is 6.42 Å². The van der Waals surface area contributed by atoms with E-state index in [1.807, 2.05) is 43.3 Å². The molecular weight excluding hydrogens is 422 g/mol. The summed E-state index contributed by atoms with van der Waals surface area (Å²) in [6, 6.07) is 10.1. The summed E-state index contributed by atoms with van der Waals surface area (Å²) in [7, 11) is 0. The lowest BCUT2D eigenvalue weighted by molar-refractivity contribution is -0.138. The molecule has 2 unspecified atom stereocenters. The van der Waals surface area contributed by atoms with Crippen molar-refractivity contribution in [3.8, 4) is 0 Å². The predicted octanol–water partition coefficient (Wildman–Crippen LogP) is 2.78. The van der Waals surface area contributed by atoms with Gasteiger partial charge in [-0.2, -0.15) is 0 Å². The van der Waals surface area contributed by atoms with Gasteiger partial charge >= 0.3 is 5.97 Å². The van der Waals surface area contributed by atoms with E-state index < -0.39 is 12.0 Å². The smallest absolute Gasteiger partial charge is 0.326 e. The quantitative estimate of drug-likeness (QED) is 0.481. The SMILES string of the molecule is Cc1ccc(CC(=O)NC2CC(C(=O)O)N(c3nc(C)nc4c3oc3ccccc34)C2)cn1. The standard InChI is InChI=1S/C24H23N5O4/c1-13-7-8-15(11-25-13)9-20(30)28-16-10-18(24(31)32)29(12-16)23-22-21(26-14(2)27-23)17-5-3-4-6-19(17)33-22/h3-8,11,16,18H,9-10,12H2,1-2H3,(H,28,30)(H,31,32). The molecule has 168 valence electrons. The van der Waals surface area contributed by atoms with Crippen molar-refractivity contribution in [2.24, 2.45) is 0 Å². The van der Waals surface area contributed by atoms with Crippen molar-refractivity contribution in [1.82, 2.24) is 20.3 Å². The summed E-state index contributed by atoms with van der Waals surface area (Å²) in [5.41, 5.74) is 3.45. The molecular formula is C24H23N5O4. The van der Waals surface area contributed by atoms with Crippen LogP contribution in [0.5, 0.6) is 0 Å². The maximum absolute atomic E-state index is 12.6. The largest absolute Gasteiger partial charge is 0.480 e. The van der Waals surface area contributed by atoms with Crippen LogP contribution in [0.1, 0.15) is 23.5 Å². The van der Waals surface area contributed by atoms with Crippen LogP contribution in [0.2, 0.25) is 0 Å². The molecule has 1 saturated heterocycles. The first-order valence-electron chi connectivity index (χ1n) is 10.8. The number of furan rings is 1. The Balaban J connectivity index is 1.43. The number of benzene rings is 1. The van der Waals surface area contributed by atoms with Gasteiger partial charge in [-0.1, -0.05) is 18.2 Å². The molecule has 5 rings (SSSR count). The second kappa shape index (κ2) is 8.16. The highest BCUT2D eigenvalue weighted by Gasteiger charge is 2.40. The molecule has 0 spiro atoms. The van der Waals surface area contributed by atoms with E-state index >= 15 is 0 Å². The lowest BCUT2D eigenvalue weighted by Crippen LogP contribution is -2.39. The van der Waals surface area contributed by atoms with Crippen LogP contribution >= 0.6 is 0 Å². The topological polar surface area (TPSA) is 121 Å². The van der Waals surface area contributed by atoms with Crippen molar-refractivity contribution in [1.29, 1.82) is 0 Å². The monoisotopic (exact) mass is 445 g/mol. The van der Waals surface area contributed by atoms with Crippen molar-refractivity contribution in [2.75, 3.05) is 11.4 Å². The first-order chi connectivity index (χ1) is 15.9. The Bertz CT molecular complexity index is 1360. The molecule has 0 aliphatic carbocycles. The molecule has 0 saturated carbocycles. The molecule has 2 atom stereocenters. The Kier molecular flexibility index (Phi) is 5.16. The zero-order chi connectivity index (χ0) is 23.1. The molecule has 0 bridgehead atoms. The van der Waals surface area contributed by atoms with Crippen LogP contribution in [-0.4, -0.2) is 50.6 Å². The van der Waals surface area contributed by atoms with Crippen LogP contribution in [-0.2, 0) is 16.0 Å². The second-order valence-electron chi connectivity index (χ2n) is 8.36. The molecule has 0 radical (unpaired) electrons. The van der Waals surface area contributed by atoms with E-state index in [9.17, 15) is 14.7 Å². The number of amides is 1. The Hall–Kier alpha value is -4.01. The maximum Gasteiger partial charge on any atom is 0.326 e. The number of aromatic nitrogens is 3. The number of para-hydroxylation sites is 1. The van der Waals surface area contributed by atoms with E-state index in [-0.39, 0.29) is 24.8 Å². The van der Waals surface area contributed by atoms with Crippen LogP contribution in [0.3, 0.4) is 0 Å². The zero-order valence-corrected chi connectivity index (χ0v) is 18.3. The summed E-state index contributed by atoms with van der Waals surface area (Å²) in [5, 5.41) is 13.7. The third kappa shape index (κ3) is 3.97. The van der Waals surface area contributed by atoms with Gasteiger partial charge in [0.2, 0.25) is 5.91 Å². The fourth-order valence-corrected chi connectivity index (χ4v) is 4.36. The number of carbonyl (C=O) groups excluding carboxylic acids is 1. The number of carbonyl (C=O) groups is 2. The minimum Gasteiger partial charge on any atom is -0.480 e. The number of fused-ring (bicyclic) bond motifs is 3. The predicted molar refractivity (Wildman–Crippen MR) is 122 cm³/mol. The third-order valence-electron chi connectivity index (χ3n) is 5.87. The van der Waals surface area contributed by atoms with Crippen molar-refractivity contribution in [2.45, 2.75) is 38.8 Å². The minimum atomic E-state index is -0.977. The maximum atomic E-state index is 12.6. The van der Waals surface area contributed by atoms with Gasteiger partial charge in [-0.3, -0.25) is 9.78 Å². The average Bonchev–Trinajstić information content (AvgIpc) is 3.36. The van der Waals surface area contributed by atoms with Gasteiger partial charge in [0, 0.05) is 36.3 Å². The number of hydrogen-bond acceptors (Lipinski definition) is 7. The van der Waals surface area contributed by atoms with Crippen molar-refractivity contribution < 1.29 is 19.1 Å². The van der Waals surface area contributed by atoms with E-state index in [0.717, 1.165) is 16.6 Å². The molecule has 1 aliphatic heterocycles. The summed E-state index contributed by atoms with van der Waals surface area (Å²) < 4.78 is 6.03. The summed E-state index contributed by atoms with van der Waals surface area (Å²) >= 11 is 0. The molecule has 33 heavy (non-hydrogen) atoms. The number of rotatable bonds is 5. The van der Waals surface area contributed by atoms with Gasteiger partial charge in [-0.25, -0.2) is 14.8 Å². The van der Waals surface area contributed by atoms with E-state index in [0.29, 0.717) is 34.9 Å². The van der Waals surface area contributed by atoms with E-state index in [2.05, 4.69) is 20.3 Å². The molecule has 2 N–H and O–H groups in total. The summed E-state index contributed by atoms with van der Waals surface area (Å²) in [4.78, 5) is 39.7. The van der Waals surface area contributed by atoms with Crippen LogP contribution < -0.4 is 10.2 Å². The molecule has 1 amide bonds. The summed E-state index contributed by atoms with van der Waals surface area (Å²) in [6.07, 6.45) is 2.12. The fraction of sp³-hybridized carbons (Fsp3) is 0.292. The van der Waals surface area contributed by atoms with Crippen LogP contribution in [0.4, 0.5) is 5.82 Å². The lowest BCUT2D eigenvalue weighted by atomic mass is 10.1. The number of pyridine rings is 1. The highest BCUT2D eigenvalue weighted by Crippen LogP contribution is 2.35. The number of nitrogens with one attached hydrogen (secondary N) is 1. The van der Waals surface area contributed by atoms with E-state index in [1.165, 1.54) is 0 Å². The summed E-state index contributed by atoms with van der Waals surface area (Å²) in [6.45, 7) is 3.96. The Morgan fingerprint density at radius 3 is 2.76 bits per heavy atom. The molecule has 1 aromatic carbocycles. The fourth-order valence-electron chi connectivity index (χ4n) is 4.36. The first kappa shape index (κ1) is 20.9. The molecule has 4 heterocycles. The summed E-state index contributed by atoms with van der Waals surface area (Å²) in [5.74, 6) is -0.201. The van der Waals surface area contributed by atoms with Crippen molar-refractivity contribution in [3.63, 3.8) is 0 Å². The lowest BCUT2D eigenvalue weighted by Gasteiger charge is -2.22. The van der Waals surface area contributed by atoms with Crippen LogP contribution in [0, 0.1) is 13.8 Å². The normalized spacial score (nSPS) is 18.2. The number of aliphatic carboxylic acids is 1. The van der Waals surface area contributed by atoms with Gasteiger partial charge in [0.1, 0.15) is 23.0 Å².